The highest BCUT2D eigenvalue weighted by Crippen LogP contribution is 2.30. The topological polar surface area (TPSA) is 94.2 Å². The lowest BCUT2D eigenvalue weighted by atomic mass is 9.80. The van der Waals surface area contributed by atoms with Crippen LogP contribution in [0.15, 0.2) is 24.5 Å². The lowest BCUT2D eigenvalue weighted by molar-refractivity contribution is -0.141. The Morgan fingerprint density at radius 2 is 2.17 bits per heavy atom. The van der Waals surface area contributed by atoms with Gasteiger partial charge in [-0.05, 0) is 52.3 Å². The van der Waals surface area contributed by atoms with Crippen LogP contribution in [0.1, 0.15) is 42.3 Å². The van der Waals surface area contributed by atoms with Gasteiger partial charge in [0.25, 0.3) is 0 Å². The SMILES string of the molecule is Cc1n[nH]c(C)c1CNC(=O)C1(C)CCCN(C(=O)CN(C)Cc2cccnc2)C1. The van der Waals surface area contributed by atoms with Crippen molar-refractivity contribution < 1.29 is 9.59 Å². The summed E-state index contributed by atoms with van der Waals surface area (Å²) in [6.07, 6.45) is 5.15. The number of pyridine rings is 1. The molecule has 1 fully saturated rings. The van der Waals surface area contributed by atoms with Gasteiger partial charge in [0.2, 0.25) is 11.8 Å². The van der Waals surface area contributed by atoms with E-state index in [9.17, 15) is 9.59 Å². The Kier molecular flexibility index (Phi) is 6.87. The van der Waals surface area contributed by atoms with E-state index in [1.807, 2.05) is 55.9 Å². The number of rotatable bonds is 7. The highest BCUT2D eigenvalue weighted by Gasteiger charge is 2.39. The van der Waals surface area contributed by atoms with E-state index in [2.05, 4.69) is 20.5 Å². The molecule has 0 radical (unpaired) electrons. The molecule has 2 N–H and O–H groups in total. The van der Waals surface area contributed by atoms with Crippen molar-refractivity contribution in [3.63, 3.8) is 0 Å². The van der Waals surface area contributed by atoms with Crippen LogP contribution in [0.5, 0.6) is 0 Å². The first-order valence-corrected chi connectivity index (χ1v) is 10.4. The Labute approximate surface area is 178 Å². The van der Waals surface area contributed by atoms with E-state index < -0.39 is 5.41 Å². The zero-order chi connectivity index (χ0) is 21.7. The van der Waals surface area contributed by atoms with Gasteiger partial charge in [-0.3, -0.25) is 24.6 Å². The number of H-pyrrole nitrogens is 1. The fraction of sp³-hybridized carbons (Fsp3) is 0.545. The number of hydrogen-bond donors (Lipinski definition) is 2. The Hall–Kier alpha value is -2.74. The number of hydrogen-bond acceptors (Lipinski definition) is 5. The van der Waals surface area contributed by atoms with Gasteiger partial charge in [0, 0.05) is 49.8 Å². The number of amides is 2. The normalized spacial score (nSPS) is 19.2. The van der Waals surface area contributed by atoms with E-state index in [4.69, 9.17) is 0 Å². The van der Waals surface area contributed by atoms with Crippen molar-refractivity contribution in [2.45, 2.75) is 46.7 Å². The van der Waals surface area contributed by atoms with Crippen molar-refractivity contribution in [2.24, 2.45) is 5.41 Å². The Balaban J connectivity index is 1.55. The van der Waals surface area contributed by atoms with Gasteiger partial charge in [0.05, 0.1) is 17.7 Å². The van der Waals surface area contributed by atoms with E-state index in [0.717, 1.165) is 35.4 Å². The number of nitrogens with zero attached hydrogens (tertiary/aromatic N) is 4. The molecule has 1 unspecified atom stereocenters. The molecule has 3 rings (SSSR count). The average molecular weight is 413 g/mol. The molecular formula is C22H32N6O2. The molecule has 8 nitrogen and oxygen atoms in total. The van der Waals surface area contributed by atoms with Crippen molar-refractivity contribution in [2.75, 3.05) is 26.7 Å². The number of likely N-dealkylation sites (N-methyl/N-ethyl adjacent to an activating group) is 1. The molecule has 8 heteroatoms. The van der Waals surface area contributed by atoms with Crippen molar-refractivity contribution in [3.05, 3.63) is 47.0 Å². The van der Waals surface area contributed by atoms with Gasteiger partial charge in [0.1, 0.15) is 0 Å². The van der Waals surface area contributed by atoms with E-state index in [1.54, 1.807) is 6.20 Å². The van der Waals surface area contributed by atoms with Crippen LogP contribution in [0.2, 0.25) is 0 Å². The van der Waals surface area contributed by atoms with Gasteiger partial charge in [-0.25, -0.2) is 0 Å². The molecule has 2 aromatic heterocycles. The van der Waals surface area contributed by atoms with E-state index in [-0.39, 0.29) is 11.8 Å². The fourth-order valence-electron chi connectivity index (χ4n) is 4.04. The summed E-state index contributed by atoms with van der Waals surface area (Å²) in [5.74, 6) is 0.0466. The van der Waals surface area contributed by atoms with Crippen LogP contribution in [0.4, 0.5) is 0 Å². The number of aryl methyl sites for hydroxylation is 2. The molecule has 0 saturated carbocycles. The first-order valence-electron chi connectivity index (χ1n) is 10.4. The number of carbonyl (C=O) groups excluding carboxylic acids is 2. The molecule has 3 heterocycles. The summed E-state index contributed by atoms with van der Waals surface area (Å²) in [6, 6.07) is 3.89. The third-order valence-corrected chi connectivity index (χ3v) is 5.88. The number of aromatic amines is 1. The van der Waals surface area contributed by atoms with E-state index in [0.29, 0.717) is 32.7 Å². The molecule has 0 aromatic carbocycles. The second-order valence-corrected chi connectivity index (χ2v) is 8.61. The van der Waals surface area contributed by atoms with Crippen molar-refractivity contribution in [3.8, 4) is 0 Å². The molecule has 1 aliphatic rings. The standard InChI is InChI=1S/C22H32N6O2/c1-16-19(17(2)26-25-16)12-24-21(30)22(3)8-6-10-28(15-22)20(29)14-27(4)13-18-7-5-9-23-11-18/h5,7,9,11H,6,8,10,12-15H2,1-4H3,(H,24,30)(H,25,26). The third-order valence-electron chi connectivity index (χ3n) is 5.88. The van der Waals surface area contributed by atoms with Gasteiger partial charge in [-0.2, -0.15) is 5.10 Å². The lowest BCUT2D eigenvalue weighted by Gasteiger charge is -2.39. The molecule has 2 amide bonds. The summed E-state index contributed by atoms with van der Waals surface area (Å²) in [6.45, 7) is 8.40. The minimum absolute atomic E-state index is 0.0104. The molecule has 1 aliphatic heterocycles. The molecule has 0 spiro atoms. The Bertz CT molecular complexity index is 862. The van der Waals surface area contributed by atoms with Crippen LogP contribution < -0.4 is 5.32 Å². The summed E-state index contributed by atoms with van der Waals surface area (Å²) in [4.78, 5) is 33.8. The first kappa shape index (κ1) is 22.0. The van der Waals surface area contributed by atoms with Crippen LogP contribution >= 0.6 is 0 Å². The monoisotopic (exact) mass is 412 g/mol. The first-order chi connectivity index (χ1) is 14.3. The van der Waals surface area contributed by atoms with Crippen LogP contribution in [0.3, 0.4) is 0 Å². The van der Waals surface area contributed by atoms with E-state index in [1.165, 1.54) is 0 Å². The summed E-state index contributed by atoms with van der Waals surface area (Å²) < 4.78 is 0. The Morgan fingerprint density at radius 3 is 2.83 bits per heavy atom. The maximum atomic E-state index is 13.0. The van der Waals surface area contributed by atoms with Gasteiger partial charge < -0.3 is 10.2 Å². The van der Waals surface area contributed by atoms with Gasteiger partial charge in [-0.1, -0.05) is 6.07 Å². The lowest BCUT2D eigenvalue weighted by Crippen LogP contribution is -2.53. The zero-order valence-corrected chi connectivity index (χ0v) is 18.4. The smallest absolute Gasteiger partial charge is 0.236 e. The second kappa shape index (κ2) is 9.38. The van der Waals surface area contributed by atoms with E-state index >= 15 is 0 Å². The summed E-state index contributed by atoms with van der Waals surface area (Å²) in [5, 5.41) is 10.2. The number of piperidine rings is 1. The van der Waals surface area contributed by atoms with Crippen molar-refractivity contribution >= 4 is 11.8 Å². The minimum Gasteiger partial charge on any atom is -0.351 e. The van der Waals surface area contributed by atoms with Crippen molar-refractivity contribution in [1.82, 2.24) is 30.3 Å². The van der Waals surface area contributed by atoms with Crippen molar-refractivity contribution in [1.29, 1.82) is 0 Å². The molecule has 2 aromatic rings. The average Bonchev–Trinajstić information content (AvgIpc) is 3.04. The summed E-state index contributed by atoms with van der Waals surface area (Å²) >= 11 is 0. The summed E-state index contributed by atoms with van der Waals surface area (Å²) in [5.41, 5.74) is 3.37. The second-order valence-electron chi connectivity index (χ2n) is 8.61. The highest BCUT2D eigenvalue weighted by molar-refractivity contribution is 5.84. The summed E-state index contributed by atoms with van der Waals surface area (Å²) in [7, 11) is 1.93. The molecule has 1 atom stereocenters. The quantitative estimate of drug-likeness (QED) is 0.723. The maximum Gasteiger partial charge on any atom is 0.236 e. The molecule has 1 saturated heterocycles. The number of carbonyl (C=O) groups is 2. The predicted octanol–water partition coefficient (Wildman–Crippen LogP) is 1.80. The van der Waals surface area contributed by atoms with Crippen LogP contribution in [-0.4, -0.2) is 63.5 Å². The van der Waals surface area contributed by atoms with Crippen LogP contribution in [-0.2, 0) is 22.7 Å². The largest absolute Gasteiger partial charge is 0.351 e. The number of likely N-dealkylation sites (tertiary alicyclic amines) is 1. The fourth-order valence-corrected chi connectivity index (χ4v) is 4.04. The Morgan fingerprint density at radius 1 is 1.37 bits per heavy atom. The highest BCUT2D eigenvalue weighted by atomic mass is 16.2. The predicted molar refractivity (Wildman–Crippen MR) is 114 cm³/mol. The molecular weight excluding hydrogens is 380 g/mol. The number of nitrogens with one attached hydrogen (secondary N) is 2. The van der Waals surface area contributed by atoms with Crippen LogP contribution in [0, 0.1) is 19.3 Å². The zero-order valence-electron chi connectivity index (χ0n) is 18.4. The van der Waals surface area contributed by atoms with Crippen LogP contribution in [0.25, 0.3) is 0 Å². The van der Waals surface area contributed by atoms with Gasteiger partial charge >= 0.3 is 0 Å². The maximum absolute atomic E-state index is 13.0. The molecule has 30 heavy (non-hydrogen) atoms. The third kappa shape index (κ3) is 5.24. The number of aromatic nitrogens is 3. The molecule has 0 aliphatic carbocycles. The van der Waals surface area contributed by atoms with Gasteiger partial charge in [-0.15, -0.1) is 0 Å². The minimum atomic E-state index is -0.582. The van der Waals surface area contributed by atoms with Gasteiger partial charge in [0.15, 0.2) is 0 Å². The molecule has 0 bridgehead atoms. The molecule has 162 valence electrons.